The van der Waals surface area contributed by atoms with E-state index in [0.29, 0.717) is 0 Å². The summed E-state index contributed by atoms with van der Waals surface area (Å²) in [5, 5.41) is 0.872. The molecule has 0 amide bonds. The van der Waals surface area contributed by atoms with Crippen molar-refractivity contribution in [1.82, 2.24) is 4.98 Å². The van der Waals surface area contributed by atoms with Crippen molar-refractivity contribution in [2.45, 2.75) is 19.6 Å². The number of fused-ring (bicyclic) bond motifs is 1. The van der Waals surface area contributed by atoms with Crippen LogP contribution in [0.25, 0.3) is 22.0 Å². The summed E-state index contributed by atoms with van der Waals surface area (Å²) in [5.41, 5.74) is 2.65. The van der Waals surface area contributed by atoms with Gasteiger partial charge in [0, 0.05) is 30.5 Å². The maximum atomic E-state index is 4.65. The van der Waals surface area contributed by atoms with Gasteiger partial charge in [-0.3, -0.25) is 0 Å². The van der Waals surface area contributed by atoms with Crippen LogP contribution in [0.4, 0.5) is 0 Å². The van der Waals surface area contributed by atoms with Crippen molar-refractivity contribution in [3.05, 3.63) is 42.6 Å². The van der Waals surface area contributed by atoms with Gasteiger partial charge in [0.2, 0.25) is 0 Å². The van der Waals surface area contributed by atoms with Crippen molar-refractivity contribution in [1.29, 1.82) is 0 Å². The topological polar surface area (TPSA) is 12.9 Å². The van der Waals surface area contributed by atoms with Gasteiger partial charge >= 0.3 is 0 Å². The van der Waals surface area contributed by atoms with Crippen LogP contribution in [0.1, 0.15) is 0 Å². The van der Waals surface area contributed by atoms with Crippen LogP contribution in [0, 0.1) is 6.20 Å². The van der Waals surface area contributed by atoms with Crippen molar-refractivity contribution in [2.75, 3.05) is 0 Å². The summed E-state index contributed by atoms with van der Waals surface area (Å²) in [6.45, 7) is 0. The van der Waals surface area contributed by atoms with E-state index in [4.69, 9.17) is 0 Å². The van der Waals surface area contributed by atoms with Crippen molar-refractivity contribution in [2.24, 2.45) is 0 Å². The Labute approximate surface area is 139 Å². The third-order valence-corrected chi connectivity index (χ3v) is 5.12. The third kappa shape index (κ3) is 2.33. The lowest BCUT2D eigenvalue weighted by atomic mass is 10.1. The summed E-state index contributed by atoms with van der Waals surface area (Å²) in [6, 6.07) is 11.8. The molecule has 2 aromatic carbocycles. The van der Waals surface area contributed by atoms with Crippen molar-refractivity contribution >= 4 is 61.4 Å². The molecule has 1 aromatic heterocycles. The fourth-order valence-electron chi connectivity index (χ4n) is 2.05. The minimum Gasteiger partial charge on any atom is -0.245 e. The van der Waals surface area contributed by atoms with Crippen LogP contribution in [0.3, 0.4) is 0 Å². The van der Waals surface area contributed by atoms with E-state index in [9.17, 15) is 0 Å². The second-order valence-corrected chi connectivity index (χ2v) is 6.12. The first-order chi connectivity index (χ1) is 9.59. The number of rotatable bonds is 1. The molecule has 0 spiro atoms. The monoisotopic (exact) mass is 332 g/mol. The molecule has 1 heterocycles. The van der Waals surface area contributed by atoms with Gasteiger partial charge in [-0.1, -0.05) is 30.3 Å². The molecule has 0 aliphatic rings. The highest BCUT2D eigenvalue weighted by Crippen LogP contribution is 2.39. The summed E-state index contributed by atoms with van der Waals surface area (Å²) >= 11 is 18.0. The standard InChI is InChI=1S/C15H10NS4/c17-11-6-10-12(15(20)14(11)19)13(18)9(7-16-10)8-4-2-1-3-5-8/h1-6,17,19-20H,(H,16,18). The van der Waals surface area contributed by atoms with Crippen LogP contribution in [-0.4, -0.2) is 4.98 Å². The SMILES string of the molecule is Sc1cc2n[c]c(-c3ccccc3)c(S)c2c(S)c1S. The average Bonchev–Trinajstić information content (AvgIpc) is 2.46. The molecule has 5 heteroatoms. The van der Waals surface area contributed by atoms with Crippen LogP contribution in [0.15, 0.2) is 56.0 Å². The predicted octanol–water partition coefficient (Wildman–Crippen LogP) is 4.86. The normalized spacial score (nSPS) is 11.0. The summed E-state index contributed by atoms with van der Waals surface area (Å²) in [6.07, 6.45) is 3.05. The van der Waals surface area contributed by atoms with E-state index in [2.05, 4.69) is 61.7 Å². The maximum absolute atomic E-state index is 4.65. The van der Waals surface area contributed by atoms with Gasteiger partial charge in [0.15, 0.2) is 0 Å². The number of hydrogen-bond acceptors (Lipinski definition) is 5. The number of benzene rings is 2. The van der Waals surface area contributed by atoms with Crippen molar-refractivity contribution in [3.63, 3.8) is 0 Å². The first-order valence-corrected chi connectivity index (χ1v) is 7.62. The first-order valence-electron chi connectivity index (χ1n) is 5.83. The van der Waals surface area contributed by atoms with Crippen LogP contribution >= 0.6 is 50.5 Å². The highest BCUT2D eigenvalue weighted by molar-refractivity contribution is 7.85. The second-order valence-electron chi connectivity index (χ2n) is 4.30. The zero-order valence-electron chi connectivity index (χ0n) is 10.2. The number of pyridine rings is 1. The lowest BCUT2D eigenvalue weighted by Gasteiger charge is -2.12. The number of aromatic nitrogens is 1. The Hall–Kier alpha value is -0.750. The molecule has 3 aromatic rings. The van der Waals surface area contributed by atoms with Gasteiger partial charge < -0.3 is 0 Å². The molecule has 0 saturated carbocycles. The Bertz CT molecular complexity index is 800. The fourth-order valence-corrected chi connectivity index (χ4v) is 3.39. The van der Waals surface area contributed by atoms with Crippen LogP contribution in [-0.2, 0) is 0 Å². The molecule has 0 saturated heterocycles. The van der Waals surface area contributed by atoms with Gasteiger partial charge in [-0.2, -0.15) is 0 Å². The van der Waals surface area contributed by atoms with Gasteiger partial charge in [0.05, 0.1) is 11.7 Å². The molecule has 20 heavy (non-hydrogen) atoms. The van der Waals surface area contributed by atoms with Crippen LogP contribution in [0.2, 0.25) is 0 Å². The highest BCUT2D eigenvalue weighted by atomic mass is 32.1. The van der Waals surface area contributed by atoms with Gasteiger partial charge in [-0.25, -0.2) is 4.98 Å². The summed E-state index contributed by atoms with van der Waals surface area (Å²) < 4.78 is 0. The molecule has 0 aliphatic heterocycles. The number of thiol groups is 4. The zero-order chi connectivity index (χ0) is 14.3. The molecule has 3 rings (SSSR count). The lowest BCUT2D eigenvalue weighted by Crippen LogP contribution is -1.90. The molecule has 99 valence electrons. The first kappa shape index (κ1) is 14.2. The minimum absolute atomic E-state index is 0.728. The predicted molar refractivity (Wildman–Crippen MR) is 95.0 cm³/mol. The Morgan fingerprint density at radius 2 is 1.55 bits per heavy atom. The van der Waals surface area contributed by atoms with E-state index in [-0.39, 0.29) is 0 Å². The maximum Gasteiger partial charge on any atom is 0.0990 e. The highest BCUT2D eigenvalue weighted by Gasteiger charge is 2.14. The Balaban J connectivity index is 2.37. The minimum atomic E-state index is 0.728. The fraction of sp³-hybridized carbons (Fsp3) is 0. The van der Waals surface area contributed by atoms with E-state index >= 15 is 0 Å². The molecule has 0 atom stereocenters. The van der Waals surface area contributed by atoms with Crippen molar-refractivity contribution < 1.29 is 0 Å². The molecular formula is C15H10NS4. The Morgan fingerprint density at radius 1 is 0.850 bits per heavy atom. The van der Waals surface area contributed by atoms with Crippen molar-refractivity contribution in [3.8, 4) is 11.1 Å². The largest absolute Gasteiger partial charge is 0.245 e. The van der Waals surface area contributed by atoms with Gasteiger partial charge in [-0.05, 0) is 11.6 Å². The molecule has 1 radical (unpaired) electrons. The van der Waals surface area contributed by atoms with Gasteiger partial charge in [0.1, 0.15) is 0 Å². The summed E-state index contributed by atoms with van der Waals surface area (Å²) in [4.78, 5) is 7.38. The molecule has 0 fully saturated rings. The van der Waals surface area contributed by atoms with E-state index in [1.165, 1.54) is 0 Å². The summed E-state index contributed by atoms with van der Waals surface area (Å²) in [5.74, 6) is 0. The van der Waals surface area contributed by atoms with E-state index in [0.717, 1.165) is 41.6 Å². The number of nitrogens with zero attached hydrogens (tertiary/aromatic N) is 1. The summed E-state index contributed by atoms with van der Waals surface area (Å²) in [7, 11) is 0. The quantitative estimate of drug-likeness (QED) is 0.467. The molecule has 1 nitrogen and oxygen atoms in total. The Kier molecular flexibility index (Phi) is 3.95. The Morgan fingerprint density at radius 3 is 2.25 bits per heavy atom. The van der Waals surface area contributed by atoms with E-state index in [1.807, 2.05) is 36.4 Å². The van der Waals surface area contributed by atoms with E-state index < -0.39 is 0 Å². The number of hydrogen-bond donors (Lipinski definition) is 4. The van der Waals surface area contributed by atoms with Gasteiger partial charge in [-0.15, -0.1) is 50.5 Å². The molecule has 0 unspecified atom stereocenters. The van der Waals surface area contributed by atoms with Crippen LogP contribution < -0.4 is 0 Å². The zero-order valence-corrected chi connectivity index (χ0v) is 13.8. The lowest BCUT2D eigenvalue weighted by molar-refractivity contribution is 1.15. The molecule has 0 bridgehead atoms. The molecule has 0 aliphatic carbocycles. The second kappa shape index (κ2) is 5.56. The average molecular weight is 333 g/mol. The van der Waals surface area contributed by atoms with E-state index in [1.54, 1.807) is 0 Å². The molecular weight excluding hydrogens is 322 g/mol. The third-order valence-electron chi connectivity index (χ3n) is 3.06. The van der Waals surface area contributed by atoms with Gasteiger partial charge in [0.25, 0.3) is 0 Å². The van der Waals surface area contributed by atoms with Crippen LogP contribution in [0.5, 0.6) is 0 Å². The molecule has 0 N–H and O–H groups in total. The smallest absolute Gasteiger partial charge is 0.0990 e.